The summed E-state index contributed by atoms with van der Waals surface area (Å²) in [5.74, 6) is 0. The molecule has 3 aromatic rings. The summed E-state index contributed by atoms with van der Waals surface area (Å²) in [6.45, 7) is 3.77. The van der Waals surface area contributed by atoms with Crippen LogP contribution in [0.1, 0.15) is 11.1 Å². The fourth-order valence-electron chi connectivity index (χ4n) is 2.68. The molecule has 0 radical (unpaired) electrons. The smallest absolute Gasteiger partial charge is 0.295 e. The summed E-state index contributed by atoms with van der Waals surface area (Å²) in [6, 6.07) is 8.07. The van der Waals surface area contributed by atoms with Gasteiger partial charge in [0.05, 0.1) is 26.6 Å². The topological polar surface area (TPSA) is 73.1 Å². The Hall–Kier alpha value is -2.25. The van der Waals surface area contributed by atoms with Gasteiger partial charge in [0, 0.05) is 14.1 Å². The van der Waals surface area contributed by atoms with Crippen molar-refractivity contribution >= 4 is 38.3 Å². The highest BCUT2D eigenvalue weighted by atomic mass is 35.5. The second-order valence-corrected chi connectivity index (χ2v) is 8.16. The maximum atomic E-state index is 12.7. The van der Waals surface area contributed by atoms with Gasteiger partial charge >= 0.3 is 5.69 Å². The van der Waals surface area contributed by atoms with Gasteiger partial charge in [-0.2, -0.15) is 0 Å². The number of hydrogen-bond acceptors (Lipinski definition) is 3. The van der Waals surface area contributed by atoms with Gasteiger partial charge in [0.1, 0.15) is 0 Å². The van der Waals surface area contributed by atoms with Crippen LogP contribution in [0.3, 0.4) is 0 Å². The van der Waals surface area contributed by atoms with Crippen LogP contribution in [0.5, 0.6) is 0 Å². The van der Waals surface area contributed by atoms with E-state index in [0.29, 0.717) is 11.0 Å². The van der Waals surface area contributed by atoms with E-state index in [0.717, 1.165) is 11.1 Å². The van der Waals surface area contributed by atoms with Crippen LogP contribution in [0.15, 0.2) is 40.0 Å². The van der Waals surface area contributed by atoms with E-state index >= 15 is 0 Å². The van der Waals surface area contributed by atoms with Crippen molar-refractivity contribution in [2.75, 3.05) is 4.72 Å². The molecule has 0 atom stereocenters. The number of nitrogens with one attached hydrogen (secondary N) is 1. The number of rotatable bonds is 3. The second kappa shape index (κ2) is 5.93. The highest BCUT2D eigenvalue weighted by Crippen LogP contribution is 2.29. The molecule has 0 aliphatic heterocycles. The molecule has 2 aromatic carbocycles. The normalized spacial score (nSPS) is 11.9. The Balaban J connectivity index is 2.10. The van der Waals surface area contributed by atoms with E-state index in [2.05, 4.69) is 4.72 Å². The number of sulfonamides is 1. The van der Waals surface area contributed by atoms with E-state index < -0.39 is 10.0 Å². The Morgan fingerprint density at radius 3 is 2.16 bits per heavy atom. The predicted molar refractivity (Wildman–Crippen MR) is 99.9 cm³/mol. The molecule has 132 valence electrons. The van der Waals surface area contributed by atoms with Crippen LogP contribution in [0.4, 0.5) is 5.69 Å². The molecular formula is C17H18ClN3O3S. The fourth-order valence-corrected chi connectivity index (χ4v) is 4.10. The monoisotopic (exact) mass is 379 g/mol. The van der Waals surface area contributed by atoms with Gasteiger partial charge in [-0.3, -0.25) is 13.9 Å². The Morgan fingerprint density at radius 1 is 0.960 bits per heavy atom. The number of aromatic nitrogens is 2. The van der Waals surface area contributed by atoms with Crippen LogP contribution in [0, 0.1) is 13.8 Å². The molecular weight excluding hydrogens is 362 g/mol. The lowest BCUT2D eigenvalue weighted by molar-refractivity contribution is 0.601. The van der Waals surface area contributed by atoms with Crippen molar-refractivity contribution < 1.29 is 8.42 Å². The minimum Gasteiger partial charge on any atom is -0.295 e. The first-order valence-corrected chi connectivity index (χ1v) is 9.43. The lowest BCUT2D eigenvalue weighted by atomic mass is 10.1. The standard InChI is InChI=1S/C17H18ClN3O3S/c1-10-5-6-12(7-11(10)2)25(23,24)19-14-9-16-15(8-13(14)18)20(3)17(22)21(16)4/h5-9,19H,1-4H3. The van der Waals surface area contributed by atoms with Crippen molar-refractivity contribution in [3.63, 3.8) is 0 Å². The number of hydrogen-bond donors (Lipinski definition) is 1. The van der Waals surface area contributed by atoms with Crippen molar-refractivity contribution in [1.29, 1.82) is 0 Å². The molecule has 0 fully saturated rings. The quantitative estimate of drug-likeness (QED) is 0.760. The van der Waals surface area contributed by atoms with Crippen molar-refractivity contribution in [2.45, 2.75) is 18.7 Å². The third-order valence-corrected chi connectivity index (χ3v) is 6.07. The predicted octanol–water partition coefficient (Wildman–Crippen LogP) is 2.95. The van der Waals surface area contributed by atoms with E-state index in [9.17, 15) is 13.2 Å². The van der Waals surface area contributed by atoms with Crippen LogP contribution in [0.2, 0.25) is 5.02 Å². The van der Waals surface area contributed by atoms with E-state index in [-0.39, 0.29) is 21.3 Å². The Labute approximate surface area is 150 Å². The summed E-state index contributed by atoms with van der Waals surface area (Å²) >= 11 is 6.24. The fraction of sp³-hybridized carbons (Fsp3) is 0.235. The lowest BCUT2D eigenvalue weighted by Gasteiger charge is -2.11. The van der Waals surface area contributed by atoms with Crippen molar-refractivity contribution in [1.82, 2.24) is 9.13 Å². The highest BCUT2D eigenvalue weighted by molar-refractivity contribution is 7.92. The van der Waals surface area contributed by atoms with Gasteiger partial charge in [0.25, 0.3) is 10.0 Å². The van der Waals surface area contributed by atoms with Gasteiger partial charge < -0.3 is 0 Å². The second-order valence-electron chi connectivity index (χ2n) is 6.07. The molecule has 6 nitrogen and oxygen atoms in total. The molecule has 8 heteroatoms. The first-order valence-electron chi connectivity index (χ1n) is 7.57. The maximum absolute atomic E-state index is 12.7. The van der Waals surface area contributed by atoms with Crippen molar-refractivity contribution in [3.8, 4) is 0 Å². The number of anilines is 1. The van der Waals surface area contributed by atoms with Gasteiger partial charge in [-0.15, -0.1) is 0 Å². The van der Waals surface area contributed by atoms with Crippen LogP contribution in [-0.2, 0) is 24.1 Å². The summed E-state index contributed by atoms with van der Waals surface area (Å²) in [5, 5.41) is 0.223. The summed E-state index contributed by atoms with van der Waals surface area (Å²) in [7, 11) is -0.525. The molecule has 0 unspecified atom stereocenters. The number of nitrogens with zero attached hydrogens (tertiary/aromatic N) is 2. The molecule has 0 bridgehead atoms. The zero-order valence-electron chi connectivity index (χ0n) is 14.3. The van der Waals surface area contributed by atoms with Crippen molar-refractivity contribution in [3.05, 3.63) is 57.0 Å². The first kappa shape index (κ1) is 17.6. The average Bonchev–Trinajstić information content (AvgIpc) is 2.75. The third-order valence-electron chi connectivity index (χ3n) is 4.39. The van der Waals surface area contributed by atoms with Crippen LogP contribution in [-0.4, -0.2) is 17.6 Å². The third kappa shape index (κ3) is 2.94. The average molecular weight is 380 g/mol. The van der Waals surface area contributed by atoms with Gasteiger partial charge in [0.15, 0.2) is 0 Å². The van der Waals surface area contributed by atoms with E-state index in [1.165, 1.54) is 9.13 Å². The number of fused-ring (bicyclic) bond motifs is 1. The minimum atomic E-state index is -3.79. The molecule has 1 heterocycles. The number of aryl methyl sites for hydroxylation is 4. The van der Waals surface area contributed by atoms with Crippen LogP contribution < -0.4 is 10.4 Å². The molecule has 0 aliphatic carbocycles. The largest absolute Gasteiger partial charge is 0.328 e. The van der Waals surface area contributed by atoms with Gasteiger partial charge in [-0.25, -0.2) is 13.2 Å². The van der Waals surface area contributed by atoms with Gasteiger partial charge in [0.2, 0.25) is 0 Å². The molecule has 1 N–H and O–H groups in total. The number of benzene rings is 2. The van der Waals surface area contributed by atoms with E-state index in [1.807, 2.05) is 13.8 Å². The Morgan fingerprint density at radius 2 is 1.56 bits per heavy atom. The number of halogens is 1. The maximum Gasteiger partial charge on any atom is 0.328 e. The van der Waals surface area contributed by atoms with Crippen LogP contribution in [0.25, 0.3) is 11.0 Å². The molecule has 0 spiro atoms. The molecule has 25 heavy (non-hydrogen) atoms. The minimum absolute atomic E-state index is 0.161. The van der Waals surface area contributed by atoms with E-state index in [1.54, 1.807) is 44.4 Å². The first-order chi connectivity index (χ1) is 11.6. The summed E-state index contributed by atoms with van der Waals surface area (Å²) in [6.07, 6.45) is 0. The lowest BCUT2D eigenvalue weighted by Crippen LogP contribution is -2.19. The molecule has 0 aliphatic rings. The van der Waals surface area contributed by atoms with Gasteiger partial charge in [-0.05, 0) is 49.2 Å². The number of imidazole rings is 1. The zero-order valence-corrected chi connectivity index (χ0v) is 15.9. The van der Waals surface area contributed by atoms with Crippen LogP contribution >= 0.6 is 11.6 Å². The molecule has 3 rings (SSSR count). The Bertz CT molecular complexity index is 1160. The summed E-state index contributed by atoms with van der Waals surface area (Å²) in [4.78, 5) is 12.2. The summed E-state index contributed by atoms with van der Waals surface area (Å²) < 4.78 is 30.8. The molecule has 1 aromatic heterocycles. The SMILES string of the molecule is Cc1ccc(S(=O)(=O)Nc2cc3c(cc2Cl)n(C)c(=O)n3C)cc1C. The van der Waals surface area contributed by atoms with E-state index in [4.69, 9.17) is 11.6 Å². The molecule has 0 saturated heterocycles. The summed E-state index contributed by atoms with van der Waals surface area (Å²) in [5.41, 5.74) is 3.14. The molecule has 0 amide bonds. The van der Waals surface area contributed by atoms with Gasteiger partial charge in [-0.1, -0.05) is 17.7 Å². The Kier molecular flexibility index (Phi) is 4.17. The van der Waals surface area contributed by atoms with Crippen molar-refractivity contribution in [2.24, 2.45) is 14.1 Å². The zero-order chi connectivity index (χ0) is 18.5. The molecule has 0 saturated carbocycles. The highest BCUT2D eigenvalue weighted by Gasteiger charge is 2.18.